The zero-order valence-electron chi connectivity index (χ0n) is 12.8. The quantitative estimate of drug-likeness (QED) is 0.876. The zero-order valence-corrected chi connectivity index (χ0v) is 12.8. The van der Waals surface area contributed by atoms with Crippen LogP contribution in [0.4, 0.5) is 0 Å². The Morgan fingerprint density at radius 3 is 2.19 bits per heavy atom. The second kappa shape index (κ2) is 7.25. The van der Waals surface area contributed by atoms with E-state index in [-0.39, 0.29) is 18.2 Å². The van der Waals surface area contributed by atoms with Crippen molar-refractivity contribution in [1.82, 2.24) is 0 Å². The van der Waals surface area contributed by atoms with Gasteiger partial charge in [-0.2, -0.15) is 0 Å². The molecule has 0 amide bonds. The Bertz CT molecular complexity index is 554. The Kier molecular flexibility index (Phi) is 5.37. The van der Waals surface area contributed by atoms with Gasteiger partial charge in [-0.3, -0.25) is 0 Å². The summed E-state index contributed by atoms with van der Waals surface area (Å²) in [5, 5.41) is 0. The van der Waals surface area contributed by atoms with Crippen LogP contribution in [0.2, 0.25) is 0 Å². The lowest BCUT2D eigenvalue weighted by atomic mass is 9.96. The van der Waals surface area contributed by atoms with Crippen LogP contribution in [-0.2, 0) is 4.74 Å². The SMILES string of the molecule is COC(c1ccccc1)C(N)c1cccc(OC(C)C)c1. The number of ether oxygens (including phenoxy) is 2. The smallest absolute Gasteiger partial charge is 0.120 e. The normalized spacial score (nSPS) is 14.0. The van der Waals surface area contributed by atoms with E-state index in [1.54, 1.807) is 7.11 Å². The number of nitrogens with two attached hydrogens (primary N) is 1. The van der Waals surface area contributed by atoms with Crippen LogP contribution in [0, 0.1) is 0 Å². The van der Waals surface area contributed by atoms with Crippen LogP contribution in [0.15, 0.2) is 54.6 Å². The van der Waals surface area contributed by atoms with Gasteiger partial charge in [-0.15, -0.1) is 0 Å². The summed E-state index contributed by atoms with van der Waals surface area (Å²) in [6.45, 7) is 4.02. The highest BCUT2D eigenvalue weighted by Gasteiger charge is 2.21. The maximum absolute atomic E-state index is 6.40. The van der Waals surface area contributed by atoms with Gasteiger partial charge in [0, 0.05) is 7.11 Å². The summed E-state index contributed by atoms with van der Waals surface area (Å²) >= 11 is 0. The molecule has 0 aliphatic heterocycles. The minimum atomic E-state index is -0.242. The summed E-state index contributed by atoms with van der Waals surface area (Å²) < 4.78 is 11.3. The van der Waals surface area contributed by atoms with Crippen molar-refractivity contribution in [3.63, 3.8) is 0 Å². The third-order valence-electron chi connectivity index (χ3n) is 3.32. The van der Waals surface area contributed by atoms with E-state index in [9.17, 15) is 0 Å². The number of rotatable bonds is 6. The van der Waals surface area contributed by atoms with Crippen molar-refractivity contribution >= 4 is 0 Å². The maximum atomic E-state index is 6.40. The van der Waals surface area contributed by atoms with E-state index < -0.39 is 0 Å². The molecular formula is C18H23NO2. The van der Waals surface area contributed by atoms with Crippen LogP contribution in [-0.4, -0.2) is 13.2 Å². The van der Waals surface area contributed by atoms with Gasteiger partial charge in [-0.05, 0) is 37.1 Å². The lowest BCUT2D eigenvalue weighted by Crippen LogP contribution is -2.21. The van der Waals surface area contributed by atoms with Crippen molar-refractivity contribution in [3.8, 4) is 5.75 Å². The molecule has 0 spiro atoms. The Labute approximate surface area is 126 Å². The Morgan fingerprint density at radius 1 is 0.905 bits per heavy atom. The second-order valence-electron chi connectivity index (χ2n) is 5.33. The van der Waals surface area contributed by atoms with Gasteiger partial charge in [0.1, 0.15) is 11.9 Å². The first-order valence-corrected chi connectivity index (χ1v) is 7.21. The summed E-state index contributed by atoms with van der Waals surface area (Å²) in [4.78, 5) is 0. The van der Waals surface area contributed by atoms with Crippen LogP contribution in [0.25, 0.3) is 0 Å². The molecule has 0 heterocycles. The highest BCUT2D eigenvalue weighted by Crippen LogP contribution is 2.31. The Morgan fingerprint density at radius 2 is 1.57 bits per heavy atom. The molecule has 0 fully saturated rings. The van der Waals surface area contributed by atoms with Gasteiger partial charge in [0.2, 0.25) is 0 Å². The molecule has 2 rings (SSSR count). The molecule has 2 atom stereocenters. The molecule has 0 saturated heterocycles. The van der Waals surface area contributed by atoms with Crippen LogP contribution >= 0.6 is 0 Å². The van der Waals surface area contributed by atoms with Crippen molar-refractivity contribution in [1.29, 1.82) is 0 Å². The van der Waals surface area contributed by atoms with E-state index in [2.05, 4.69) is 0 Å². The van der Waals surface area contributed by atoms with Crippen LogP contribution in [0.5, 0.6) is 5.75 Å². The first-order chi connectivity index (χ1) is 10.1. The summed E-state index contributed by atoms with van der Waals surface area (Å²) in [7, 11) is 1.69. The van der Waals surface area contributed by atoms with Crippen molar-refractivity contribution in [2.24, 2.45) is 5.73 Å². The first-order valence-electron chi connectivity index (χ1n) is 7.21. The van der Waals surface area contributed by atoms with E-state index in [1.807, 2.05) is 68.4 Å². The van der Waals surface area contributed by atoms with E-state index in [4.69, 9.17) is 15.2 Å². The third-order valence-corrected chi connectivity index (χ3v) is 3.32. The lowest BCUT2D eigenvalue weighted by Gasteiger charge is -2.24. The summed E-state index contributed by atoms with van der Waals surface area (Å²) in [6, 6.07) is 17.7. The predicted molar refractivity (Wildman–Crippen MR) is 85.3 cm³/mol. The van der Waals surface area contributed by atoms with Crippen molar-refractivity contribution < 1.29 is 9.47 Å². The van der Waals surface area contributed by atoms with Crippen molar-refractivity contribution in [2.45, 2.75) is 32.1 Å². The molecule has 0 aliphatic rings. The largest absolute Gasteiger partial charge is 0.491 e. The standard InChI is InChI=1S/C18H23NO2/c1-13(2)21-16-11-7-10-15(12-16)17(19)18(20-3)14-8-5-4-6-9-14/h4-13,17-18H,19H2,1-3H3. The number of methoxy groups -OCH3 is 1. The van der Waals surface area contributed by atoms with Crippen molar-refractivity contribution in [3.05, 3.63) is 65.7 Å². The summed E-state index contributed by atoms with van der Waals surface area (Å²) in [6.07, 6.45) is -0.0377. The van der Waals surface area contributed by atoms with E-state index in [0.717, 1.165) is 16.9 Å². The van der Waals surface area contributed by atoms with Gasteiger partial charge in [-0.1, -0.05) is 42.5 Å². The Balaban J connectivity index is 2.23. The molecule has 0 aliphatic carbocycles. The summed E-state index contributed by atoms with van der Waals surface area (Å²) in [5.41, 5.74) is 8.48. The van der Waals surface area contributed by atoms with Gasteiger partial charge in [0.05, 0.1) is 12.1 Å². The number of hydrogen-bond acceptors (Lipinski definition) is 3. The molecule has 0 bridgehead atoms. The molecule has 3 nitrogen and oxygen atoms in total. The molecular weight excluding hydrogens is 262 g/mol. The van der Waals surface area contributed by atoms with Crippen molar-refractivity contribution in [2.75, 3.05) is 7.11 Å². The molecule has 21 heavy (non-hydrogen) atoms. The number of hydrogen-bond donors (Lipinski definition) is 1. The minimum Gasteiger partial charge on any atom is -0.491 e. The fraction of sp³-hybridized carbons (Fsp3) is 0.333. The fourth-order valence-corrected chi connectivity index (χ4v) is 2.37. The number of benzene rings is 2. The molecule has 112 valence electrons. The Hall–Kier alpha value is -1.84. The zero-order chi connectivity index (χ0) is 15.2. The second-order valence-corrected chi connectivity index (χ2v) is 5.33. The van der Waals surface area contributed by atoms with Gasteiger partial charge >= 0.3 is 0 Å². The average Bonchev–Trinajstić information content (AvgIpc) is 2.48. The van der Waals surface area contributed by atoms with Gasteiger partial charge in [-0.25, -0.2) is 0 Å². The predicted octanol–water partition coefficient (Wildman–Crippen LogP) is 3.86. The van der Waals surface area contributed by atoms with E-state index in [0.29, 0.717) is 0 Å². The van der Waals surface area contributed by atoms with Gasteiger partial charge < -0.3 is 15.2 Å². The molecule has 0 aromatic heterocycles. The topological polar surface area (TPSA) is 44.5 Å². The molecule has 0 radical (unpaired) electrons. The van der Waals surface area contributed by atoms with Crippen LogP contribution in [0.3, 0.4) is 0 Å². The molecule has 0 saturated carbocycles. The molecule has 2 unspecified atom stereocenters. The highest BCUT2D eigenvalue weighted by atomic mass is 16.5. The van der Waals surface area contributed by atoms with Crippen LogP contribution < -0.4 is 10.5 Å². The molecule has 2 aromatic carbocycles. The van der Waals surface area contributed by atoms with Crippen LogP contribution in [0.1, 0.15) is 37.1 Å². The van der Waals surface area contributed by atoms with Gasteiger partial charge in [0.25, 0.3) is 0 Å². The molecule has 3 heteroatoms. The fourth-order valence-electron chi connectivity index (χ4n) is 2.37. The summed E-state index contributed by atoms with van der Waals surface area (Å²) in [5.74, 6) is 0.834. The van der Waals surface area contributed by atoms with E-state index >= 15 is 0 Å². The van der Waals surface area contributed by atoms with Gasteiger partial charge in [0.15, 0.2) is 0 Å². The maximum Gasteiger partial charge on any atom is 0.120 e. The van der Waals surface area contributed by atoms with E-state index in [1.165, 1.54) is 0 Å². The highest BCUT2D eigenvalue weighted by molar-refractivity contribution is 5.33. The molecule has 2 N–H and O–H groups in total. The third kappa shape index (κ3) is 4.06. The first kappa shape index (κ1) is 15.5. The lowest BCUT2D eigenvalue weighted by molar-refractivity contribution is 0.0801. The average molecular weight is 285 g/mol. The minimum absolute atomic E-state index is 0.142. The monoisotopic (exact) mass is 285 g/mol. The molecule has 2 aromatic rings.